The van der Waals surface area contributed by atoms with E-state index in [1.165, 1.54) is 12.1 Å². The number of rotatable bonds is 7. The Balaban J connectivity index is 2.29. The molecule has 0 radical (unpaired) electrons. The molecule has 0 fully saturated rings. The van der Waals surface area contributed by atoms with Crippen molar-refractivity contribution < 1.29 is 14.3 Å². The van der Waals surface area contributed by atoms with Crippen LogP contribution in [0.5, 0.6) is 0 Å². The number of aromatic carboxylic acids is 1. The number of aromatic nitrogens is 3. The average Bonchev–Trinajstić information content (AvgIpc) is 2.88. The Morgan fingerprint density at radius 3 is 2.57 bits per heavy atom. The minimum Gasteiger partial charge on any atom is -0.476 e. The summed E-state index contributed by atoms with van der Waals surface area (Å²) in [5.41, 5.74) is 0.936. The summed E-state index contributed by atoms with van der Waals surface area (Å²) < 4.78 is 14.6. The summed E-state index contributed by atoms with van der Waals surface area (Å²) in [7, 11) is 0. The molecule has 0 spiro atoms. The molecule has 21 heavy (non-hydrogen) atoms. The highest BCUT2D eigenvalue weighted by Crippen LogP contribution is 2.23. The second-order valence-electron chi connectivity index (χ2n) is 4.88. The third-order valence-corrected chi connectivity index (χ3v) is 3.28. The van der Waals surface area contributed by atoms with Crippen molar-refractivity contribution in [1.82, 2.24) is 15.0 Å². The van der Waals surface area contributed by atoms with E-state index >= 15 is 0 Å². The Hall–Kier alpha value is -2.24. The maximum Gasteiger partial charge on any atom is 0.358 e. The molecule has 0 saturated heterocycles. The monoisotopic (exact) mass is 291 g/mol. The van der Waals surface area contributed by atoms with Gasteiger partial charge in [-0.25, -0.2) is 13.9 Å². The van der Waals surface area contributed by atoms with Crippen LogP contribution in [0.1, 0.15) is 43.1 Å². The van der Waals surface area contributed by atoms with E-state index in [4.69, 9.17) is 0 Å². The highest BCUT2D eigenvalue weighted by Gasteiger charge is 2.20. The Morgan fingerprint density at radius 2 is 1.95 bits per heavy atom. The zero-order chi connectivity index (χ0) is 15.2. The SMILES string of the molecule is CCCCCCn1nnc(C(=O)O)c1-c1ccc(F)cc1. The van der Waals surface area contributed by atoms with Gasteiger partial charge in [0.05, 0.1) is 0 Å². The van der Waals surface area contributed by atoms with Crippen molar-refractivity contribution >= 4 is 5.97 Å². The van der Waals surface area contributed by atoms with E-state index in [1.54, 1.807) is 16.8 Å². The van der Waals surface area contributed by atoms with Crippen LogP contribution in [0, 0.1) is 5.82 Å². The summed E-state index contributed by atoms with van der Waals surface area (Å²) in [6.45, 7) is 2.73. The first-order valence-electron chi connectivity index (χ1n) is 7.06. The van der Waals surface area contributed by atoms with Gasteiger partial charge in [-0.05, 0) is 30.7 Å². The standard InChI is InChI=1S/C15H18FN3O2/c1-2-3-4-5-10-19-14(13(15(20)21)17-18-19)11-6-8-12(16)9-7-11/h6-9H,2-5,10H2,1H3,(H,20,21). The fourth-order valence-corrected chi connectivity index (χ4v) is 2.20. The molecular weight excluding hydrogens is 273 g/mol. The van der Waals surface area contributed by atoms with E-state index in [0.29, 0.717) is 17.8 Å². The van der Waals surface area contributed by atoms with E-state index < -0.39 is 5.97 Å². The first kappa shape index (κ1) is 15.2. The fourth-order valence-electron chi connectivity index (χ4n) is 2.20. The van der Waals surface area contributed by atoms with E-state index in [9.17, 15) is 14.3 Å². The van der Waals surface area contributed by atoms with Gasteiger partial charge in [-0.1, -0.05) is 31.4 Å². The molecule has 0 aliphatic rings. The van der Waals surface area contributed by atoms with Gasteiger partial charge < -0.3 is 5.11 Å². The second kappa shape index (κ2) is 6.97. The normalized spacial score (nSPS) is 10.8. The second-order valence-corrected chi connectivity index (χ2v) is 4.88. The van der Waals surface area contributed by atoms with Crippen molar-refractivity contribution in [2.75, 3.05) is 0 Å². The molecular formula is C15H18FN3O2. The van der Waals surface area contributed by atoms with Gasteiger partial charge in [0.15, 0.2) is 5.69 Å². The molecule has 0 amide bonds. The number of carboxylic acid groups (broad SMARTS) is 1. The maximum absolute atomic E-state index is 13.0. The van der Waals surface area contributed by atoms with Crippen molar-refractivity contribution in [2.24, 2.45) is 0 Å². The molecule has 0 aliphatic heterocycles. The Kier molecular flexibility index (Phi) is 5.03. The number of carboxylic acids is 1. The minimum absolute atomic E-state index is 0.0999. The molecule has 5 nitrogen and oxygen atoms in total. The van der Waals surface area contributed by atoms with E-state index in [0.717, 1.165) is 25.7 Å². The summed E-state index contributed by atoms with van der Waals surface area (Å²) in [6, 6.07) is 5.69. The van der Waals surface area contributed by atoms with Gasteiger partial charge in [0.2, 0.25) is 0 Å². The summed E-state index contributed by atoms with van der Waals surface area (Å²) in [6.07, 6.45) is 4.22. The van der Waals surface area contributed by atoms with Gasteiger partial charge in [-0.15, -0.1) is 5.10 Å². The largest absolute Gasteiger partial charge is 0.476 e. The van der Waals surface area contributed by atoms with Crippen LogP contribution in [-0.2, 0) is 6.54 Å². The smallest absolute Gasteiger partial charge is 0.358 e. The lowest BCUT2D eigenvalue weighted by Crippen LogP contribution is -2.05. The number of nitrogens with zero attached hydrogens (tertiary/aromatic N) is 3. The number of hydrogen-bond acceptors (Lipinski definition) is 3. The summed E-state index contributed by atoms with van der Waals surface area (Å²) in [5.74, 6) is -1.49. The van der Waals surface area contributed by atoms with Crippen LogP contribution in [0.2, 0.25) is 0 Å². The highest BCUT2D eigenvalue weighted by atomic mass is 19.1. The molecule has 112 valence electrons. The molecule has 1 N–H and O–H groups in total. The van der Waals surface area contributed by atoms with Crippen LogP contribution in [0.4, 0.5) is 4.39 Å². The molecule has 2 aromatic rings. The molecule has 1 aromatic heterocycles. The molecule has 6 heteroatoms. The van der Waals surface area contributed by atoms with Gasteiger partial charge in [0, 0.05) is 12.1 Å². The minimum atomic E-state index is -1.13. The average molecular weight is 291 g/mol. The highest BCUT2D eigenvalue weighted by molar-refractivity contribution is 5.92. The molecule has 2 rings (SSSR count). The number of aryl methyl sites for hydroxylation is 1. The Morgan fingerprint density at radius 1 is 1.24 bits per heavy atom. The fraction of sp³-hybridized carbons (Fsp3) is 0.400. The van der Waals surface area contributed by atoms with E-state index in [1.807, 2.05) is 0 Å². The van der Waals surface area contributed by atoms with Crippen LogP contribution in [0.3, 0.4) is 0 Å². The third kappa shape index (κ3) is 3.65. The lowest BCUT2D eigenvalue weighted by atomic mass is 10.1. The quantitative estimate of drug-likeness (QED) is 0.794. The van der Waals surface area contributed by atoms with Crippen molar-refractivity contribution in [3.63, 3.8) is 0 Å². The van der Waals surface area contributed by atoms with Crippen molar-refractivity contribution in [3.8, 4) is 11.3 Å². The lowest BCUT2D eigenvalue weighted by molar-refractivity contribution is 0.0691. The first-order chi connectivity index (χ1) is 10.1. The predicted octanol–water partition coefficient (Wildman–Crippen LogP) is 3.36. The van der Waals surface area contributed by atoms with Crippen molar-refractivity contribution in [1.29, 1.82) is 0 Å². The Labute approximate surface area is 122 Å². The van der Waals surface area contributed by atoms with E-state index in [2.05, 4.69) is 17.2 Å². The van der Waals surface area contributed by atoms with Gasteiger partial charge in [-0.3, -0.25) is 0 Å². The molecule has 0 bridgehead atoms. The maximum atomic E-state index is 13.0. The molecule has 0 aliphatic carbocycles. The van der Waals surface area contributed by atoms with Crippen LogP contribution >= 0.6 is 0 Å². The van der Waals surface area contributed by atoms with Crippen LogP contribution < -0.4 is 0 Å². The van der Waals surface area contributed by atoms with Gasteiger partial charge in [-0.2, -0.15) is 0 Å². The Bertz CT molecular complexity index is 608. The number of carbonyl (C=O) groups is 1. The van der Waals surface area contributed by atoms with Crippen molar-refractivity contribution in [3.05, 3.63) is 35.8 Å². The summed E-state index contributed by atoms with van der Waals surface area (Å²) >= 11 is 0. The summed E-state index contributed by atoms with van der Waals surface area (Å²) in [5, 5.41) is 16.9. The van der Waals surface area contributed by atoms with Gasteiger partial charge >= 0.3 is 5.97 Å². The molecule has 0 atom stereocenters. The molecule has 1 aromatic carbocycles. The van der Waals surface area contributed by atoms with Crippen molar-refractivity contribution in [2.45, 2.75) is 39.2 Å². The summed E-state index contributed by atoms with van der Waals surface area (Å²) in [4.78, 5) is 11.3. The zero-order valence-corrected chi connectivity index (χ0v) is 11.9. The van der Waals surface area contributed by atoms with Gasteiger partial charge in [0.1, 0.15) is 11.5 Å². The predicted molar refractivity (Wildman–Crippen MR) is 76.5 cm³/mol. The molecule has 0 unspecified atom stereocenters. The van der Waals surface area contributed by atoms with Crippen LogP contribution in [-0.4, -0.2) is 26.1 Å². The number of halogens is 1. The third-order valence-electron chi connectivity index (χ3n) is 3.28. The van der Waals surface area contributed by atoms with Gasteiger partial charge in [0.25, 0.3) is 0 Å². The molecule has 0 saturated carbocycles. The topological polar surface area (TPSA) is 68.0 Å². The van der Waals surface area contributed by atoms with Crippen LogP contribution in [0.25, 0.3) is 11.3 Å². The zero-order valence-electron chi connectivity index (χ0n) is 11.9. The number of benzene rings is 1. The number of hydrogen-bond donors (Lipinski definition) is 1. The molecule has 1 heterocycles. The lowest BCUT2D eigenvalue weighted by Gasteiger charge is -2.07. The number of unbranched alkanes of at least 4 members (excludes halogenated alkanes) is 3. The van der Waals surface area contributed by atoms with Crippen LogP contribution in [0.15, 0.2) is 24.3 Å². The van der Waals surface area contributed by atoms with E-state index in [-0.39, 0.29) is 11.5 Å². The first-order valence-corrected chi connectivity index (χ1v) is 7.06.